The number of para-hydroxylation sites is 1. The zero-order valence-corrected chi connectivity index (χ0v) is 23.5. The summed E-state index contributed by atoms with van der Waals surface area (Å²) in [6.07, 6.45) is -0.0732. The molecule has 0 aliphatic carbocycles. The summed E-state index contributed by atoms with van der Waals surface area (Å²) >= 11 is 0. The Kier molecular flexibility index (Phi) is 11.4. The van der Waals surface area contributed by atoms with E-state index in [9.17, 15) is 39.0 Å². The monoisotopic (exact) mass is 610 g/mol. The normalized spacial score (nSPS) is 13.7. The van der Waals surface area contributed by atoms with Gasteiger partial charge in [0, 0.05) is 29.9 Å². The zero-order valence-electron chi connectivity index (χ0n) is 23.5. The Labute approximate surface area is 251 Å². The lowest BCUT2D eigenvalue weighted by Gasteiger charge is -2.24. The molecule has 0 aliphatic heterocycles. The Balaban J connectivity index is 1.72. The van der Waals surface area contributed by atoms with Crippen LogP contribution in [0.3, 0.4) is 0 Å². The van der Waals surface area contributed by atoms with Crippen LogP contribution >= 0.6 is 0 Å². The third kappa shape index (κ3) is 9.55. The Morgan fingerprint density at radius 3 is 2.05 bits per heavy atom. The van der Waals surface area contributed by atoms with Gasteiger partial charge in [-0.2, -0.15) is 0 Å². The van der Waals surface area contributed by atoms with Crippen molar-refractivity contribution in [3.8, 4) is 5.75 Å². The molecule has 2 aromatic carbocycles. The number of amides is 4. The highest BCUT2D eigenvalue weighted by Crippen LogP contribution is 2.19. The number of nitrogens with one attached hydrogen (secondary N) is 4. The van der Waals surface area contributed by atoms with Crippen LogP contribution in [0.5, 0.6) is 5.75 Å². The Hall–Kier alpha value is -5.44. The number of primary amides is 1. The lowest BCUT2D eigenvalue weighted by Crippen LogP contribution is -2.58. The standard InChI is InChI=1S/C29H34N6O9/c30-19(12-16-14-32-20-4-2-1-3-18(16)20)26(40)34-22(13-24(31)37)28(42)33-21(9-10-25(38)39)27(41)35-23(29(43)44)11-15-5-7-17(36)8-6-15/h1-8,14,19,21-23,32,36H,9-13,30H2,(H2,31,37)(H,33,42)(H,34,40)(H,35,41)(H,38,39)(H,43,44). The van der Waals surface area contributed by atoms with Gasteiger partial charge in [-0.25, -0.2) is 4.79 Å². The number of benzene rings is 2. The van der Waals surface area contributed by atoms with Crippen LogP contribution in [0.25, 0.3) is 10.9 Å². The van der Waals surface area contributed by atoms with Crippen LogP contribution < -0.4 is 27.4 Å². The summed E-state index contributed by atoms with van der Waals surface area (Å²) in [5, 5.41) is 36.0. The quantitative estimate of drug-likeness (QED) is 0.0980. The van der Waals surface area contributed by atoms with Crippen molar-refractivity contribution in [2.45, 2.75) is 56.3 Å². The molecule has 3 rings (SSSR count). The first-order chi connectivity index (χ1) is 20.8. The summed E-state index contributed by atoms with van der Waals surface area (Å²) in [6.45, 7) is 0. The number of phenolic OH excluding ortho intramolecular Hbond substituents is 1. The molecule has 234 valence electrons. The van der Waals surface area contributed by atoms with Crippen LogP contribution in [-0.4, -0.2) is 80.0 Å². The molecule has 11 N–H and O–H groups in total. The number of carboxylic acid groups (broad SMARTS) is 2. The van der Waals surface area contributed by atoms with Gasteiger partial charge in [0.25, 0.3) is 0 Å². The minimum atomic E-state index is -1.57. The lowest BCUT2D eigenvalue weighted by atomic mass is 10.0. The number of aliphatic carboxylic acids is 2. The minimum absolute atomic E-state index is 0.0439. The molecule has 0 bridgehead atoms. The van der Waals surface area contributed by atoms with Crippen LogP contribution in [0.2, 0.25) is 0 Å². The molecule has 1 aromatic heterocycles. The molecule has 0 fully saturated rings. The van der Waals surface area contributed by atoms with Crippen molar-refractivity contribution < 1.29 is 44.1 Å². The third-order valence-electron chi connectivity index (χ3n) is 6.76. The first-order valence-electron chi connectivity index (χ1n) is 13.6. The number of aromatic hydroxyl groups is 1. The number of nitrogens with two attached hydrogens (primary N) is 2. The van der Waals surface area contributed by atoms with E-state index in [4.69, 9.17) is 16.6 Å². The average molecular weight is 611 g/mol. The number of hydrogen-bond donors (Lipinski definition) is 9. The summed E-state index contributed by atoms with van der Waals surface area (Å²) in [5.41, 5.74) is 13.4. The van der Waals surface area contributed by atoms with Gasteiger partial charge in [0.2, 0.25) is 23.6 Å². The molecule has 15 heteroatoms. The van der Waals surface area contributed by atoms with E-state index in [1.807, 2.05) is 24.3 Å². The van der Waals surface area contributed by atoms with Gasteiger partial charge in [0.15, 0.2) is 0 Å². The van der Waals surface area contributed by atoms with E-state index >= 15 is 0 Å². The number of phenols is 1. The maximum atomic E-state index is 13.2. The molecule has 15 nitrogen and oxygen atoms in total. The molecule has 4 amide bonds. The molecule has 0 spiro atoms. The fraction of sp³-hybridized carbons (Fsp3) is 0.310. The molecule has 4 atom stereocenters. The predicted octanol–water partition coefficient (Wildman–Crippen LogP) is -0.735. The van der Waals surface area contributed by atoms with Crippen molar-refractivity contribution in [3.63, 3.8) is 0 Å². The van der Waals surface area contributed by atoms with Crippen LogP contribution in [0.15, 0.2) is 54.7 Å². The molecule has 3 aromatic rings. The van der Waals surface area contributed by atoms with Gasteiger partial charge in [0.1, 0.15) is 23.9 Å². The summed E-state index contributed by atoms with van der Waals surface area (Å²) < 4.78 is 0. The minimum Gasteiger partial charge on any atom is -0.508 e. The molecule has 1 heterocycles. The van der Waals surface area contributed by atoms with Crippen molar-refractivity contribution in [1.82, 2.24) is 20.9 Å². The second-order valence-electron chi connectivity index (χ2n) is 10.2. The van der Waals surface area contributed by atoms with Gasteiger partial charge in [0.05, 0.1) is 12.5 Å². The second kappa shape index (κ2) is 15.2. The fourth-order valence-corrected chi connectivity index (χ4v) is 4.47. The van der Waals surface area contributed by atoms with E-state index in [0.29, 0.717) is 5.56 Å². The van der Waals surface area contributed by atoms with Crippen LogP contribution in [0.1, 0.15) is 30.4 Å². The van der Waals surface area contributed by atoms with Crippen molar-refractivity contribution in [3.05, 3.63) is 65.9 Å². The van der Waals surface area contributed by atoms with Gasteiger partial charge in [-0.05, 0) is 42.2 Å². The molecule has 0 aliphatic rings. The van der Waals surface area contributed by atoms with Gasteiger partial charge < -0.3 is 47.7 Å². The van der Waals surface area contributed by atoms with Crippen LogP contribution in [0, 0.1) is 0 Å². The number of aromatic amines is 1. The number of carboxylic acids is 2. The van der Waals surface area contributed by atoms with Crippen molar-refractivity contribution >= 4 is 46.5 Å². The highest BCUT2D eigenvalue weighted by molar-refractivity contribution is 5.96. The summed E-state index contributed by atoms with van der Waals surface area (Å²) in [7, 11) is 0. The number of carbonyl (C=O) groups excluding carboxylic acids is 4. The van der Waals surface area contributed by atoms with Gasteiger partial charge in [-0.1, -0.05) is 30.3 Å². The first-order valence-corrected chi connectivity index (χ1v) is 13.6. The van der Waals surface area contributed by atoms with Crippen LogP contribution in [-0.2, 0) is 41.6 Å². The molecular formula is C29H34N6O9. The number of fused-ring (bicyclic) bond motifs is 1. The Morgan fingerprint density at radius 2 is 1.41 bits per heavy atom. The third-order valence-corrected chi connectivity index (χ3v) is 6.76. The van der Waals surface area contributed by atoms with Crippen molar-refractivity contribution in [1.29, 1.82) is 0 Å². The largest absolute Gasteiger partial charge is 0.508 e. The smallest absolute Gasteiger partial charge is 0.326 e. The van der Waals surface area contributed by atoms with E-state index in [1.54, 1.807) is 6.20 Å². The Bertz CT molecular complexity index is 1520. The molecule has 4 unspecified atom stereocenters. The lowest BCUT2D eigenvalue weighted by molar-refractivity contribution is -0.143. The summed E-state index contributed by atoms with van der Waals surface area (Å²) in [5.74, 6) is -6.53. The predicted molar refractivity (Wildman–Crippen MR) is 156 cm³/mol. The number of rotatable bonds is 16. The van der Waals surface area contributed by atoms with Gasteiger partial charge in [-0.3, -0.25) is 24.0 Å². The molecule has 0 saturated carbocycles. The molecule has 0 saturated heterocycles. The van der Waals surface area contributed by atoms with E-state index < -0.39 is 79.0 Å². The zero-order chi connectivity index (χ0) is 32.4. The van der Waals surface area contributed by atoms with E-state index in [2.05, 4.69) is 20.9 Å². The van der Waals surface area contributed by atoms with Gasteiger partial charge in [-0.15, -0.1) is 0 Å². The highest BCUT2D eigenvalue weighted by atomic mass is 16.4. The number of hydrogen-bond acceptors (Lipinski definition) is 8. The van der Waals surface area contributed by atoms with E-state index in [1.165, 1.54) is 24.3 Å². The fourth-order valence-electron chi connectivity index (χ4n) is 4.47. The maximum Gasteiger partial charge on any atom is 0.326 e. The van der Waals surface area contributed by atoms with Crippen molar-refractivity contribution in [2.24, 2.45) is 11.5 Å². The highest BCUT2D eigenvalue weighted by Gasteiger charge is 2.31. The maximum absolute atomic E-state index is 13.2. The van der Waals surface area contributed by atoms with E-state index in [0.717, 1.165) is 16.5 Å². The summed E-state index contributed by atoms with van der Waals surface area (Å²) in [4.78, 5) is 77.1. The molecule has 0 radical (unpaired) electrons. The SMILES string of the molecule is NC(=O)CC(NC(=O)C(N)Cc1c[nH]c2ccccc12)C(=O)NC(CCC(=O)O)C(=O)NC(Cc1ccc(O)cc1)C(=O)O. The number of aromatic nitrogens is 1. The van der Waals surface area contributed by atoms with Crippen LogP contribution in [0.4, 0.5) is 0 Å². The van der Waals surface area contributed by atoms with Gasteiger partial charge >= 0.3 is 11.9 Å². The molecular weight excluding hydrogens is 576 g/mol. The Morgan fingerprint density at radius 1 is 0.795 bits per heavy atom. The summed E-state index contributed by atoms with van der Waals surface area (Å²) in [6, 6.07) is 7.22. The number of H-pyrrole nitrogens is 1. The van der Waals surface area contributed by atoms with Crippen molar-refractivity contribution in [2.75, 3.05) is 0 Å². The first kappa shape index (κ1) is 33.1. The average Bonchev–Trinajstić information content (AvgIpc) is 3.37. The van der Waals surface area contributed by atoms with E-state index in [-0.39, 0.29) is 18.6 Å². The topological polar surface area (TPSA) is 267 Å². The number of carbonyl (C=O) groups is 6. The molecule has 44 heavy (non-hydrogen) atoms. The second-order valence-corrected chi connectivity index (χ2v) is 10.2.